The van der Waals surface area contributed by atoms with E-state index in [1.807, 2.05) is 36.2 Å². The van der Waals surface area contributed by atoms with E-state index in [1.54, 1.807) is 7.11 Å². The summed E-state index contributed by atoms with van der Waals surface area (Å²) >= 11 is 5.32. The molecule has 1 atom stereocenters. The highest BCUT2D eigenvalue weighted by Crippen LogP contribution is 2.19. The van der Waals surface area contributed by atoms with Gasteiger partial charge in [-0.2, -0.15) is 0 Å². The molecule has 0 saturated carbocycles. The van der Waals surface area contributed by atoms with Crippen LogP contribution >= 0.6 is 12.2 Å². The first-order chi connectivity index (χ1) is 9.41. The quantitative estimate of drug-likeness (QED) is 0.854. The Balaban J connectivity index is 1.97. The van der Waals surface area contributed by atoms with E-state index in [2.05, 4.69) is 5.32 Å². The Morgan fingerprint density at radius 1 is 1.40 bits per heavy atom. The SMILES string of the molecule is COc1ccc(NC(=S)N(C)[C@@H]2CCS(=O)(=O)C2)cc1. The third-order valence-electron chi connectivity index (χ3n) is 3.42. The lowest BCUT2D eigenvalue weighted by molar-refractivity contribution is 0.402. The second-order valence-electron chi connectivity index (χ2n) is 4.83. The van der Waals surface area contributed by atoms with Gasteiger partial charge in [-0.05, 0) is 42.9 Å². The molecule has 1 fully saturated rings. The first kappa shape index (κ1) is 15.1. The average Bonchev–Trinajstić information content (AvgIpc) is 2.79. The minimum absolute atomic E-state index is 0.0433. The van der Waals surface area contributed by atoms with Gasteiger partial charge in [-0.15, -0.1) is 0 Å². The van der Waals surface area contributed by atoms with E-state index in [1.165, 1.54) is 0 Å². The summed E-state index contributed by atoms with van der Waals surface area (Å²) in [5, 5.41) is 3.63. The normalized spacial score (nSPS) is 20.4. The molecule has 0 aliphatic carbocycles. The summed E-state index contributed by atoms with van der Waals surface area (Å²) in [6.45, 7) is 0. The highest BCUT2D eigenvalue weighted by Gasteiger charge is 2.31. The molecule has 1 aliphatic rings. The van der Waals surface area contributed by atoms with Crippen LogP contribution in [0, 0.1) is 0 Å². The van der Waals surface area contributed by atoms with E-state index in [0.717, 1.165) is 11.4 Å². The van der Waals surface area contributed by atoms with Gasteiger partial charge in [0, 0.05) is 18.8 Å². The van der Waals surface area contributed by atoms with Crippen molar-refractivity contribution < 1.29 is 13.2 Å². The monoisotopic (exact) mass is 314 g/mol. The average molecular weight is 314 g/mol. The minimum Gasteiger partial charge on any atom is -0.497 e. The topological polar surface area (TPSA) is 58.6 Å². The molecule has 0 radical (unpaired) electrons. The maximum atomic E-state index is 11.5. The molecule has 1 aromatic rings. The lowest BCUT2D eigenvalue weighted by atomic mass is 10.2. The molecule has 0 spiro atoms. The van der Waals surface area contributed by atoms with Crippen molar-refractivity contribution in [3.8, 4) is 5.75 Å². The van der Waals surface area contributed by atoms with Crippen LogP contribution in [0.2, 0.25) is 0 Å². The van der Waals surface area contributed by atoms with Crippen LogP contribution in [0.15, 0.2) is 24.3 Å². The molecule has 2 rings (SSSR count). The number of hydrogen-bond acceptors (Lipinski definition) is 4. The zero-order valence-electron chi connectivity index (χ0n) is 11.5. The van der Waals surface area contributed by atoms with Crippen LogP contribution in [-0.4, -0.2) is 50.1 Å². The summed E-state index contributed by atoms with van der Waals surface area (Å²) in [4.78, 5) is 1.82. The summed E-state index contributed by atoms with van der Waals surface area (Å²) in [6.07, 6.45) is 0.628. The van der Waals surface area contributed by atoms with Gasteiger partial charge in [0.05, 0.1) is 18.6 Å². The third-order valence-corrected chi connectivity index (χ3v) is 5.56. The molecule has 1 saturated heterocycles. The van der Waals surface area contributed by atoms with E-state index < -0.39 is 9.84 Å². The summed E-state index contributed by atoms with van der Waals surface area (Å²) in [5.74, 6) is 1.19. The number of nitrogens with one attached hydrogen (secondary N) is 1. The van der Waals surface area contributed by atoms with Crippen LogP contribution in [0.3, 0.4) is 0 Å². The van der Waals surface area contributed by atoms with Crippen molar-refractivity contribution in [1.29, 1.82) is 0 Å². The largest absolute Gasteiger partial charge is 0.497 e. The molecular formula is C13H18N2O3S2. The fourth-order valence-corrected chi connectivity index (χ4v) is 4.17. The van der Waals surface area contributed by atoms with Crippen LogP contribution in [0.5, 0.6) is 5.75 Å². The first-order valence-corrected chi connectivity index (χ1v) is 8.52. The van der Waals surface area contributed by atoms with Crippen molar-refractivity contribution in [2.75, 3.05) is 31.0 Å². The highest BCUT2D eigenvalue weighted by atomic mass is 32.2. The van der Waals surface area contributed by atoms with Gasteiger partial charge in [-0.25, -0.2) is 8.42 Å². The summed E-state index contributed by atoms with van der Waals surface area (Å²) in [7, 11) is 0.535. The molecule has 1 aromatic carbocycles. The zero-order chi connectivity index (χ0) is 14.8. The standard InChI is InChI=1S/C13H18N2O3S2/c1-15(11-7-8-20(16,17)9-11)13(19)14-10-3-5-12(18-2)6-4-10/h3-6,11H,7-9H2,1-2H3,(H,14,19)/t11-/m1/s1. The van der Waals surface area contributed by atoms with Crippen LogP contribution in [0.1, 0.15) is 6.42 Å². The van der Waals surface area contributed by atoms with Gasteiger partial charge in [0.25, 0.3) is 0 Å². The Hall–Kier alpha value is -1.34. The Bertz CT molecular complexity index is 584. The fraction of sp³-hybridized carbons (Fsp3) is 0.462. The molecule has 1 aliphatic heterocycles. The Morgan fingerprint density at radius 2 is 2.05 bits per heavy atom. The molecule has 5 nitrogen and oxygen atoms in total. The Labute approximate surface area is 124 Å². The summed E-state index contributed by atoms with van der Waals surface area (Å²) in [6, 6.07) is 7.36. The Morgan fingerprint density at radius 3 is 2.55 bits per heavy atom. The molecule has 20 heavy (non-hydrogen) atoms. The maximum absolute atomic E-state index is 11.5. The Kier molecular flexibility index (Phi) is 4.49. The van der Waals surface area contributed by atoms with Crippen LogP contribution in [0.4, 0.5) is 5.69 Å². The van der Waals surface area contributed by atoms with E-state index >= 15 is 0 Å². The van der Waals surface area contributed by atoms with Gasteiger partial charge in [0.2, 0.25) is 0 Å². The van der Waals surface area contributed by atoms with Crippen molar-refractivity contribution in [1.82, 2.24) is 4.90 Å². The van der Waals surface area contributed by atoms with Crippen molar-refractivity contribution in [2.45, 2.75) is 12.5 Å². The number of ether oxygens (including phenoxy) is 1. The van der Waals surface area contributed by atoms with Crippen LogP contribution < -0.4 is 10.1 Å². The fourth-order valence-electron chi connectivity index (χ4n) is 2.13. The van der Waals surface area contributed by atoms with Crippen molar-refractivity contribution in [3.63, 3.8) is 0 Å². The smallest absolute Gasteiger partial charge is 0.173 e. The van der Waals surface area contributed by atoms with Gasteiger partial charge < -0.3 is 15.0 Å². The zero-order valence-corrected chi connectivity index (χ0v) is 13.1. The van der Waals surface area contributed by atoms with Gasteiger partial charge >= 0.3 is 0 Å². The highest BCUT2D eigenvalue weighted by molar-refractivity contribution is 7.91. The molecule has 110 valence electrons. The van der Waals surface area contributed by atoms with Crippen molar-refractivity contribution in [2.24, 2.45) is 0 Å². The minimum atomic E-state index is -2.90. The second-order valence-corrected chi connectivity index (χ2v) is 7.44. The number of hydrogen-bond donors (Lipinski definition) is 1. The third kappa shape index (κ3) is 3.61. The van der Waals surface area contributed by atoms with Gasteiger partial charge in [0.15, 0.2) is 14.9 Å². The molecule has 0 bridgehead atoms. The molecule has 0 amide bonds. The van der Waals surface area contributed by atoms with Crippen molar-refractivity contribution in [3.05, 3.63) is 24.3 Å². The lowest BCUT2D eigenvalue weighted by Crippen LogP contribution is -2.40. The van der Waals surface area contributed by atoms with Gasteiger partial charge in [0.1, 0.15) is 5.75 Å². The number of benzene rings is 1. The molecule has 1 N–H and O–H groups in total. The van der Waals surface area contributed by atoms with Gasteiger partial charge in [-0.1, -0.05) is 0 Å². The maximum Gasteiger partial charge on any atom is 0.173 e. The number of sulfone groups is 1. The number of methoxy groups -OCH3 is 1. The molecule has 0 aromatic heterocycles. The predicted molar refractivity (Wildman–Crippen MR) is 84.0 cm³/mol. The van der Waals surface area contributed by atoms with Gasteiger partial charge in [-0.3, -0.25) is 0 Å². The summed E-state index contributed by atoms with van der Waals surface area (Å²) in [5.41, 5.74) is 0.850. The summed E-state index contributed by atoms with van der Waals surface area (Å²) < 4.78 is 28.1. The number of nitrogens with zero attached hydrogens (tertiary/aromatic N) is 1. The van der Waals surface area contributed by atoms with E-state index in [9.17, 15) is 8.42 Å². The van der Waals surface area contributed by atoms with E-state index in [0.29, 0.717) is 11.5 Å². The molecule has 7 heteroatoms. The number of thiocarbonyl (C=S) groups is 1. The lowest BCUT2D eigenvalue weighted by Gasteiger charge is -2.26. The molecular weight excluding hydrogens is 296 g/mol. The number of anilines is 1. The number of rotatable bonds is 3. The van der Waals surface area contributed by atoms with E-state index in [-0.39, 0.29) is 17.5 Å². The first-order valence-electron chi connectivity index (χ1n) is 6.29. The molecule has 0 unspecified atom stereocenters. The second kappa shape index (κ2) is 5.97. The molecule has 1 heterocycles. The van der Waals surface area contributed by atoms with Crippen LogP contribution in [0.25, 0.3) is 0 Å². The predicted octanol–water partition coefficient (Wildman–Crippen LogP) is 1.51. The van der Waals surface area contributed by atoms with Crippen molar-refractivity contribution >= 4 is 32.9 Å². The van der Waals surface area contributed by atoms with Crippen LogP contribution in [-0.2, 0) is 9.84 Å². The van der Waals surface area contributed by atoms with E-state index in [4.69, 9.17) is 17.0 Å².